The monoisotopic (exact) mass is 2210 g/mol. The number of aliphatic hydroxyl groups excluding tert-OH is 2. The third kappa shape index (κ3) is 32.5. The van der Waals surface area contributed by atoms with Gasteiger partial charge in [0.25, 0.3) is 47.3 Å². The van der Waals surface area contributed by atoms with Crippen molar-refractivity contribution in [1.29, 1.82) is 1.28 Å². The number of ether oxygens (including phenoxy) is 10. The first-order valence-corrected chi connectivity index (χ1v) is 50.4. The van der Waals surface area contributed by atoms with Gasteiger partial charge in [0, 0.05) is 116 Å². The average Bonchev–Trinajstić information content (AvgIpc) is 1.60. The van der Waals surface area contributed by atoms with E-state index in [1.54, 1.807) is 180 Å². The van der Waals surface area contributed by atoms with Gasteiger partial charge in [0.15, 0.2) is 44.0 Å². The number of methoxy groups -OCH3 is 6. The molecule has 11 rings (SSSR count). The molecule has 2 fully saturated rings. The number of hydrogen-bond donors (Lipinski definition) is 9. The van der Waals surface area contributed by atoms with E-state index >= 15 is 0 Å². The van der Waals surface area contributed by atoms with Crippen LogP contribution < -0.4 is 86.2 Å². The first-order chi connectivity index (χ1) is 66.8. The molecule has 0 bridgehead atoms. The van der Waals surface area contributed by atoms with E-state index in [0.29, 0.717) is 107 Å². The van der Waals surface area contributed by atoms with Crippen LogP contribution in [0.25, 0.3) is 0 Å². The Balaban J connectivity index is 0.000000488. The first-order valence-electron chi connectivity index (χ1n) is 45.5. The maximum Gasteiger partial charge on any atom is 1.00 e. The fraction of sp³-hybridized carbons (Fsp3) is 0.447. The molecule has 8 aromatic rings. The van der Waals surface area contributed by atoms with Crippen molar-refractivity contribution in [3.63, 3.8) is 0 Å². The van der Waals surface area contributed by atoms with E-state index in [2.05, 4.69) is 74.3 Å². The van der Waals surface area contributed by atoms with Gasteiger partial charge >= 0.3 is 45.1 Å². The fourth-order valence-electron chi connectivity index (χ4n) is 14.6. The molecule has 3 unspecified atom stereocenters. The minimum Gasteiger partial charge on any atom is -0.857 e. The molecule has 3 atom stereocenters. The maximum absolute atomic E-state index is 13.9. The van der Waals surface area contributed by atoms with Gasteiger partial charge in [-0.1, -0.05) is 87.8 Å². The number of carbonyl (C=O) groups excluding carboxylic acids is 9. The van der Waals surface area contributed by atoms with Crippen molar-refractivity contribution in [1.82, 2.24) is 41.7 Å². The van der Waals surface area contributed by atoms with E-state index in [-0.39, 0.29) is 68.8 Å². The predicted octanol–water partition coefficient (Wildman–Crippen LogP) is 12.0. The van der Waals surface area contributed by atoms with Gasteiger partial charge in [-0.25, -0.2) is 20.0 Å². The molecule has 3 aliphatic rings. The van der Waals surface area contributed by atoms with Gasteiger partial charge in [0.1, 0.15) is 29.3 Å². The van der Waals surface area contributed by atoms with Crippen LogP contribution in [-0.2, 0) is 44.9 Å². The van der Waals surface area contributed by atoms with Crippen LogP contribution in [0.5, 0.6) is 23.0 Å². The molecular weight excluding hydrogens is 2060 g/mol. The fourth-order valence-corrected chi connectivity index (χ4v) is 15.4. The second-order valence-electron chi connectivity index (χ2n) is 38.6. The van der Waals surface area contributed by atoms with Crippen LogP contribution in [0.1, 0.15) is 318 Å². The Morgan fingerprint density at radius 3 is 1.01 bits per heavy atom. The molecule has 42 heteroatoms. The van der Waals surface area contributed by atoms with Crippen molar-refractivity contribution < 1.29 is 155 Å². The van der Waals surface area contributed by atoms with Gasteiger partial charge in [-0.3, -0.25) is 64.9 Å². The molecule has 786 valence electrons. The molecule has 34 nitrogen and oxygen atoms in total. The van der Waals surface area contributed by atoms with Crippen LogP contribution in [0.2, 0.25) is 0 Å². The van der Waals surface area contributed by atoms with E-state index in [1.165, 1.54) is 84.9 Å². The third-order valence-corrected chi connectivity index (χ3v) is 24.8. The van der Waals surface area contributed by atoms with Crippen molar-refractivity contribution in [3.05, 3.63) is 246 Å². The van der Waals surface area contributed by atoms with E-state index < -0.39 is 132 Å². The van der Waals surface area contributed by atoms with Crippen molar-refractivity contribution in [2.45, 2.75) is 247 Å². The maximum atomic E-state index is 13.9. The summed E-state index contributed by atoms with van der Waals surface area (Å²) in [7, 11) is 10.1. The molecule has 3 aliphatic heterocycles. The Bertz CT molecular complexity index is 5870. The summed E-state index contributed by atoms with van der Waals surface area (Å²) in [6.45, 7) is 43.9. The number of benzene rings is 8. The summed E-state index contributed by atoms with van der Waals surface area (Å²) >= 11 is 11.5. The van der Waals surface area contributed by atoms with Gasteiger partial charge in [-0.2, -0.15) is 7.11 Å². The zero-order chi connectivity index (χ0) is 110. The number of aldehydes is 1. The number of nitrogens with one attached hydrogen (secondary N) is 4. The van der Waals surface area contributed by atoms with Gasteiger partial charge in [0.2, 0.25) is 0 Å². The number of rotatable bonds is 20. The predicted molar refractivity (Wildman–Crippen MR) is 569 cm³/mol. The number of carbonyl (C=O) groups is 9. The molecule has 0 aromatic heterocycles. The van der Waals surface area contributed by atoms with E-state index in [1.807, 2.05) is 110 Å². The van der Waals surface area contributed by atoms with Gasteiger partial charge < -0.3 is 82.4 Å². The molecule has 0 spiro atoms. The Hall–Kier alpha value is -9.09. The molecule has 9 N–H and O–H groups in total. The first kappa shape index (κ1) is 128. The minimum absolute atomic E-state index is 0. The topological polar surface area (TPSA) is 440 Å². The average molecular weight is 2210 g/mol. The smallest absolute Gasteiger partial charge is 0.857 e. The quantitative estimate of drug-likeness (QED) is 0.00854. The van der Waals surface area contributed by atoms with Crippen molar-refractivity contribution >= 4 is 138 Å². The summed E-state index contributed by atoms with van der Waals surface area (Å²) in [4.78, 5) is 118. The molecule has 0 saturated carbocycles. The van der Waals surface area contributed by atoms with Gasteiger partial charge in [0.05, 0.1) is 85.7 Å². The Labute approximate surface area is 902 Å². The molecule has 2 saturated heterocycles. The van der Waals surface area contributed by atoms with Crippen molar-refractivity contribution in [2.24, 2.45) is 0 Å². The van der Waals surface area contributed by atoms with E-state index in [4.69, 9.17) is 63.5 Å². The Kier molecular flexibility index (Phi) is 49.0. The Morgan fingerprint density at radius 2 is 0.745 bits per heavy atom. The summed E-state index contributed by atoms with van der Waals surface area (Å²) < 4.78 is 68.5. The number of fused-ring (bicyclic) bond motifs is 1. The summed E-state index contributed by atoms with van der Waals surface area (Å²) in [5, 5.41) is 58.8. The van der Waals surface area contributed by atoms with Crippen molar-refractivity contribution in [3.8, 4) is 23.0 Å². The standard InChI is InChI=1S/C30H42N2O7.C28H36Br2N2O5.2C21H25BN2O6.CH4O.CH3O.CH4.Na.H2P2S/c1-18-20(13-12-14-23(18)35-9)24(33)31-32(28(2,3)4)25(34)19-15-16-21(22(17-19)26(36-10)37-11)27-38-29(5,6)30(7,8)39-27;1-16-18(11-10-12-21(16)35-9)23(33)31-32(26(2,3)4)24(34)17-13-14-19(20(15-17)22(29)30)25-36-27(5,6)28(7,8)37-25;1-12-14(7-6-8-17(12)29-5)18(25)23-24(21(2,3)4)19(26)13-9-10-16-15(11-13)20(27)30-22(16)28;1-13-16(7-6-8-18(13)30-5)19(26)23-24(21(2,3)4)20(27)14-9-10-17(22(28)29)15(11-14)12-25;2*1-2;;;1-2-3/h12-17,26-27H,1-11H3,(H,31,33);10-15,22,25H,1-9H3,(H,31,33);6-11,20,27-28H,1-5H3,(H,23,25);6-12,28-29H,1-5H3,(H,23,26);2H,1H3;1H3;1H4;;1H2/q;;;;;-1;;+1;/p+1/i/hT. The van der Waals surface area contributed by atoms with E-state index in [9.17, 15) is 63.3 Å². The molecule has 0 aliphatic carbocycles. The molecule has 8 aromatic carbocycles. The molecule has 145 heavy (non-hydrogen) atoms. The normalized spacial score (nSPS) is 14.8. The van der Waals surface area contributed by atoms with Crippen LogP contribution in [0.3, 0.4) is 0 Å². The van der Waals surface area contributed by atoms with Crippen LogP contribution in [0.4, 0.5) is 0 Å². The number of aliphatic hydroxyl groups is 2. The number of hydrazine groups is 4. The van der Waals surface area contributed by atoms with E-state index in [0.717, 1.165) is 25.3 Å². The summed E-state index contributed by atoms with van der Waals surface area (Å²) in [6.07, 6.45) is -2.93. The zero-order valence-corrected chi connectivity index (χ0v) is 96.3. The SMILES string of the molecule is C.CO.COc1cccc(C(=O)NN(C(=O)c2ccc(B(O)O)c(C=O)c2)C(C)(C)C)c1C.COc1cccc(C(=O)NN(C(=O)c2ccc(C3OC(C)(C)C(C)(C)O3)c(C(Br)Br)c2)C(C)(C)C)c1C.COc1cccc(C(=O)NN(C(=O)c2ccc(C3OC(C)(C)C(C)(C)O3)c(C(OC)OC)c2)C(C)(C)C)c1C.COc1cccc(C(=O)NN(C(=O)c2ccc3c(c2)C(O)OB3O)C(C)(C)C)c1C.C[O-].[3H][P+](P)=S.[Na+]. The number of hydrogen-bond acceptors (Lipinski definition) is 27. The summed E-state index contributed by atoms with van der Waals surface area (Å²) in [6, 6.07) is 39.6. The van der Waals surface area contributed by atoms with Gasteiger partial charge in [-0.15, -0.1) is 0 Å². The second-order valence-corrected chi connectivity index (χ2v) is 44.4. The van der Waals surface area contributed by atoms with Crippen LogP contribution >= 0.6 is 47.8 Å². The number of amides is 8. The molecule has 3 heterocycles. The summed E-state index contributed by atoms with van der Waals surface area (Å²) in [5.41, 5.74) is 14.8. The zero-order valence-electron chi connectivity index (χ0n) is 89.3. The molecule has 0 radical (unpaired) electrons. The number of alkyl halides is 2. The minimum atomic E-state index is -1.84. The van der Waals surface area contributed by atoms with Crippen LogP contribution in [0, 0.1) is 27.7 Å². The third-order valence-electron chi connectivity index (χ3n) is 23.8. The van der Waals surface area contributed by atoms with Crippen LogP contribution in [-0.4, -0.2) is 216 Å². The molecular formula is C103H142B2Br2N8NaO26P2S+. The largest absolute Gasteiger partial charge is 1.00 e. The molecule has 8 amide bonds. The second kappa shape index (κ2) is 55.4. The van der Waals surface area contributed by atoms with Crippen molar-refractivity contribution in [2.75, 3.05) is 56.9 Å². The van der Waals surface area contributed by atoms with Crippen LogP contribution in [0.15, 0.2) is 146 Å². The number of halogens is 2. The number of nitrogens with zero attached hydrogens (tertiary/aromatic N) is 4. The van der Waals surface area contributed by atoms with Gasteiger partial charge in [-0.05, 0) is 280 Å². The summed E-state index contributed by atoms with van der Waals surface area (Å²) in [5.74, 6) is -1.22. The Morgan fingerprint density at radius 1 is 0.483 bits per heavy atom.